The average Bonchev–Trinajstić information content (AvgIpc) is 2.73. The van der Waals surface area contributed by atoms with E-state index in [0.717, 1.165) is 23.9 Å². The molecule has 2 aromatic rings. The highest BCUT2D eigenvalue weighted by Crippen LogP contribution is 2.18. The number of halogens is 2. The Kier molecular flexibility index (Phi) is 4.33. The Morgan fingerprint density at radius 1 is 1.35 bits per heavy atom. The van der Waals surface area contributed by atoms with Crippen LogP contribution >= 0.6 is 11.8 Å². The zero-order valence-electron chi connectivity index (χ0n) is 10.5. The second-order valence-electron chi connectivity index (χ2n) is 4.07. The summed E-state index contributed by atoms with van der Waals surface area (Å²) in [7, 11) is 1.69. The molecule has 0 unspecified atom stereocenters. The fourth-order valence-electron chi connectivity index (χ4n) is 1.58. The molecule has 5 nitrogen and oxygen atoms in total. The van der Waals surface area contributed by atoms with Gasteiger partial charge in [-0.2, -0.15) is 0 Å². The predicted octanol–water partition coefficient (Wildman–Crippen LogP) is 1.86. The van der Waals surface area contributed by atoms with Crippen molar-refractivity contribution in [1.82, 2.24) is 14.8 Å². The van der Waals surface area contributed by atoms with Gasteiger partial charge < -0.3 is 9.67 Å². The predicted molar refractivity (Wildman–Crippen MR) is 68.5 cm³/mol. The van der Waals surface area contributed by atoms with E-state index in [-0.39, 0.29) is 12.2 Å². The van der Waals surface area contributed by atoms with Crippen LogP contribution < -0.4 is 0 Å². The van der Waals surface area contributed by atoms with Crippen molar-refractivity contribution in [3.8, 4) is 0 Å². The van der Waals surface area contributed by atoms with E-state index in [2.05, 4.69) is 10.2 Å². The zero-order chi connectivity index (χ0) is 14.7. The molecule has 0 aliphatic rings. The minimum Gasteiger partial charge on any atom is -0.481 e. The van der Waals surface area contributed by atoms with Crippen LogP contribution in [0.3, 0.4) is 0 Å². The lowest BCUT2D eigenvalue weighted by Crippen LogP contribution is -2.03. The van der Waals surface area contributed by atoms with Crippen LogP contribution in [-0.4, -0.2) is 31.6 Å². The molecule has 0 atom stereocenters. The van der Waals surface area contributed by atoms with Gasteiger partial charge in [0.25, 0.3) is 0 Å². The van der Waals surface area contributed by atoms with Crippen LogP contribution in [0.25, 0.3) is 0 Å². The summed E-state index contributed by atoms with van der Waals surface area (Å²) in [6, 6.07) is 3.63. The number of carboxylic acids is 1. The Balaban J connectivity index is 2.13. The van der Waals surface area contributed by atoms with Crippen LogP contribution in [-0.2, 0) is 18.3 Å². The van der Waals surface area contributed by atoms with Gasteiger partial charge in [0.05, 0.1) is 5.75 Å². The molecule has 1 N–H and O–H groups in total. The van der Waals surface area contributed by atoms with E-state index >= 15 is 0 Å². The fraction of sp³-hybridized carbons (Fsp3) is 0.250. The number of hydrogen-bond acceptors (Lipinski definition) is 4. The van der Waals surface area contributed by atoms with E-state index in [4.69, 9.17) is 5.11 Å². The summed E-state index contributed by atoms with van der Waals surface area (Å²) in [6.45, 7) is 0. The lowest BCUT2D eigenvalue weighted by atomic mass is 10.1. The van der Waals surface area contributed by atoms with E-state index in [9.17, 15) is 13.6 Å². The summed E-state index contributed by atoms with van der Waals surface area (Å²) in [4.78, 5) is 10.5. The largest absolute Gasteiger partial charge is 0.481 e. The van der Waals surface area contributed by atoms with Gasteiger partial charge in [-0.05, 0) is 17.7 Å². The lowest BCUT2D eigenvalue weighted by molar-refractivity contribution is -0.133. The number of rotatable bonds is 5. The SMILES string of the molecule is Cn1c(Cc2ccc(F)c(F)c2)nnc1SCC(=O)O. The second-order valence-corrected chi connectivity index (χ2v) is 5.01. The van der Waals surface area contributed by atoms with Gasteiger partial charge in [0.15, 0.2) is 16.8 Å². The van der Waals surface area contributed by atoms with Crippen molar-refractivity contribution in [2.45, 2.75) is 11.6 Å². The van der Waals surface area contributed by atoms with Crippen LogP contribution in [0.15, 0.2) is 23.4 Å². The molecule has 20 heavy (non-hydrogen) atoms. The zero-order valence-corrected chi connectivity index (χ0v) is 11.3. The number of aromatic nitrogens is 3. The molecule has 0 fully saturated rings. The van der Waals surface area contributed by atoms with E-state index in [1.54, 1.807) is 11.6 Å². The van der Waals surface area contributed by atoms with Crippen LogP contribution in [0.2, 0.25) is 0 Å². The normalized spacial score (nSPS) is 10.8. The smallest absolute Gasteiger partial charge is 0.313 e. The van der Waals surface area contributed by atoms with Crippen molar-refractivity contribution in [2.75, 3.05) is 5.75 Å². The number of aliphatic carboxylic acids is 1. The first-order chi connectivity index (χ1) is 9.47. The Bertz CT molecular complexity index is 646. The lowest BCUT2D eigenvalue weighted by Gasteiger charge is -2.03. The molecule has 8 heteroatoms. The molecule has 0 aliphatic heterocycles. The number of carbonyl (C=O) groups is 1. The molecule has 1 heterocycles. The number of benzene rings is 1. The maximum Gasteiger partial charge on any atom is 0.313 e. The first kappa shape index (κ1) is 14.4. The highest BCUT2D eigenvalue weighted by atomic mass is 32.2. The highest BCUT2D eigenvalue weighted by Gasteiger charge is 2.12. The molecule has 2 rings (SSSR count). The van der Waals surface area contributed by atoms with Crippen molar-refractivity contribution in [3.63, 3.8) is 0 Å². The third-order valence-electron chi connectivity index (χ3n) is 2.60. The molecule has 0 radical (unpaired) electrons. The Morgan fingerprint density at radius 3 is 2.75 bits per heavy atom. The average molecular weight is 299 g/mol. The molecule has 106 valence electrons. The summed E-state index contributed by atoms with van der Waals surface area (Å²) in [6.07, 6.45) is 0.286. The Morgan fingerprint density at radius 2 is 2.10 bits per heavy atom. The molecule has 1 aromatic heterocycles. The van der Waals surface area contributed by atoms with Crippen LogP contribution in [0, 0.1) is 11.6 Å². The summed E-state index contributed by atoms with van der Waals surface area (Å²) >= 11 is 1.05. The minimum absolute atomic E-state index is 0.114. The van der Waals surface area contributed by atoms with E-state index in [1.807, 2.05) is 0 Å². The van der Waals surface area contributed by atoms with Crippen LogP contribution in [0.4, 0.5) is 8.78 Å². The minimum atomic E-state index is -0.944. The van der Waals surface area contributed by atoms with Crippen LogP contribution in [0.5, 0.6) is 0 Å². The molecule has 0 saturated heterocycles. The van der Waals surface area contributed by atoms with Crippen molar-refractivity contribution in [2.24, 2.45) is 7.05 Å². The molecular weight excluding hydrogens is 288 g/mol. The highest BCUT2D eigenvalue weighted by molar-refractivity contribution is 7.99. The Hall–Kier alpha value is -1.96. The number of carboxylic acid groups (broad SMARTS) is 1. The molecular formula is C12H11F2N3O2S. The van der Waals surface area contributed by atoms with Gasteiger partial charge in [0.2, 0.25) is 0 Å². The van der Waals surface area contributed by atoms with Gasteiger partial charge in [-0.3, -0.25) is 4.79 Å². The third kappa shape index (κ3) is 3.32. The molecule has 0 bridgehead atoms. The summed E-state index contributed by atoms with van der Waals surface area (Å²) < 4.78 is 27.6. The second kappa shape index (κ2) is 6.00. The van der Waals surface area contributed by atoms with E-state index in [0.29, 0.717) is 16.5 Å². The van der Waals surface area contributed by atoms with Crippen molar-refractivity contribution >= 4 is 17.7 Å². The van der Waals surface area contributed by atoms with E-state index < -0.39 is 17.6 Å². The van der Waals surface area contributed by atoms with Gasteiger partial charge in [-0.15, -0.1) is 10.2 Å². The van der Waals surface area contributed by atoms with Crippen LogP contribution in [0.1, 0.15) is 11.4 Å². The first-order valence-electron chi connectivity index (χ1n) is 5.64. The van der Waals surface area contributed by atoms with E-state index in [1.165, 1.54) is 6.07 Å². The van der Waals surface area contributed by atoms with Gasteiger partial charge >= 0.3 is 5.97 Å². The molecule has 0 amide bonds. The number of hydrogen-bond donors (Lipinski definition) is 1. The van der Waals surface area contributed by atoms with Gasteiger partial charge in [-0.25, -0.2) is 8.78 Å². The molecule has 1 aromatic carbocycles. The summed E-state index contributed by atoms with van der Waals surface area (Å²) in [5.74, 6) is -2.32. The summed E-state index contributed by atoms with van der Waals surface area (Å²) in [5, 5.41) is 16.9. The quantitative estimate of drug-likeness (QED) is 0.854. The van der Waals surface area contributed by atoms with Gasteiger partial charge in [0.1, 0.15) is 5.82 Å². The maximum atomic E-state index is 13.1. The molecule has 0 aliphatic carbocycles. The van der Waals surface area contributed by atoms with Gasteiger partial charge in [0, 0.05) is 13.5 Å². The maximum absolute atomic E-state index is 13.1. The van der Waals surface area contributed by atoms with Crippen molar-refractivity contribution < 1.29 is 18.7 Å². The Labute approximate surface area is 117 Å². The van der Waals surface area contributed by atoms with Crippen molar-refractivity contribution in [3.05, 3.63) is 41.2 Å². The first-order valence-corrected chi connectivity index (χ1v) is 6.62. The van der Waals surface area contributed by atoms with Gasteiger partial charge in [-0.1, -0.05) is 17.8 Å². The van der Waals surface area contributed by atoms with Crippen molar-refractivity contribution in [1.29, 1.82) is 0 Å². The number of thioether (sulfide) groups is 1. The monoisotopic (exact) mass is 299 g/mol. The fourth-order valence-corrected chi connectivity index (χ4v) is 2.23. The standard InChI is InChI=1S/C12H11F2N3O2S/c1-17-10(15-16-12(17)20-6-11(18)19)5-7-2-3-8(13)9(14)4-7/h2-4H,5-6H2,1H3,(H,18,19). The summed E-state index contributed by atoms with van der Waals surface area (Å²) in [5.41, 5.74) is 0.564. The molecule has 0 saturated carbocycles. The topological polar surface area (TPSA) is 68.0 Å². The molecule has 0 spiro atoms. The third-order valence-corrected chi connectivity index (χ3v) is 3.60. The number of nitrogens with zero attached hydrogens (tertiary/aromatic N) is 3.